The van der Waals surface area contributed by atoms with Crippen molar-refractivity contribution >= 4 is 33.4 Å². The molecule has 168 valence electrons. The SMILES string of the molecule is COc1cc2c(cc1-c1c(C)noc1C)[nH]c1nc(C)nc(Nc3cnn4c3CCCC4)c12. The van der Waals surface area contributed by atoms with Gasteiger partial charge in [-0.1, -0.05) is 5.16 Å². The molecule has 5 heterocycles. The van der Waals surface area contributed by atoms with Gasteiger partial charge in [0.15, 0.2) is 0 Å². The summed E-state index contributed by atoms with van der Waals surface area (Å²) in [6, 6.07) is 4.11. The van der Waals surface area contributed by atoms with Crippen molar-refractivity contribution in [3.05, 3.63) is 41.3 Å². The second-order valence-corrected chi connectivity index (χ2v) is 8.58. The number of methoxy groups -OCH3 is 1. The standard InChI is InChI=1S/C24H25N7O2/c1-12-21(13(2)33-30-12)16-9-17-15(10-20(16)32-4)22-23(28-17)26-14(3)27-24(22)29-18-11-25-31-8-6-5-7-19(18)31/h9-11H,5-8H2,1-4H3,(H2,26,27,28,29). The number of H-pyrrole nitrogens is 1. The van der Waals surface area contributed by atoms with Crippen molar-refractivity contribution in [2.75, 3.05) is 12.4 Å². The fraction of sp³-hybridized carbons (Fsp3) is 0.333. The Morgan fingerprint density at radius 1 is 1.15 bits per heavy atom. The number of aromatic amines is 1. The summed E-state index contributed by atoms with van der Waals surface area (Å²) < 4.78 is 13.3. The Kier molecular flexibility index (Phi) is 4.39. The van der Waals surface area contributed by atoms with Crippen LogP contribution < -0.4 is 10.1 Å². The van der Waals surface area contributed by atoms with Crippen LogP contribution >= 0.6 is 0 Å². The predicted molar refractivity (Wildman–Crippen MR) is 126 cm³/mol. The number of benzene rings is 1. The van der Waals surface area contributed by atoms with Gasteiger partial charge >= 0.3 is 0 Å². The minimum atomic E-state index is 0.690. The van der Waals surface area contributed by atoms with Gasteiger partial charge in [-0.3, -0.25) is 4.68 Å². The summed E-state index contributed by atoms with van der Waals surface area (Å²) in [4.78, 5) is 12.9. The van der Waals surface area contributed by atoms with Gasteiger partial charge in [-0.2, -0.15) is 5.10 Å². The number of hydrogen-bond acceptors (Lipinski definition) is 7. The smallest absolute Gasteiger partial charge is 0.144 e. The van der Waals surface area contributed by atoms with Crippen molar-refractivity contribution in [3.8, 4) is 16.9 Å². The number of aromatic nitrogens is 6. The molecule has 0 saturated heterocycles. The third-order valence-electron chi connectivity index (χ3n) is 6.42. The summed E-state index contributed by atoms with van der Waals surface area (Å²) in [5, 5.41) is 14.1. The van der Waals surface area contributed by atoms with Crippen molar-refractivity contribution in [2.24, 2.45) is 0 Å². The van der Waals surface area contributed by atoms with Gasteiger partial charge in [-0.15, -0.1) is 0 Å². The predicted octanol–water partition coefficient (Wildman–Crippen LogP) is 4.98. The fourth-order valence-electron chi connectivity index (χ4n) is 4.91. The van der Waals surface area contributed by atoms with Crippen molar-refractivity contribution in [1.29, 1.82) is 0 Å². The van der Waals surface area contributed by atoms with Crippen molar-refractivity contribution in [2.45, 2.75) is 46.6 Å². The van der Waals surface area contributed by atoms with E-state index >= 15 is 0 Å². The molecule has 33 heavy (non-hydrogen) atoms. The Bertz CT molecular complexity index is 1510. The van der Waals surface area contributed by atoms with Crippen LogP contribution in [-0.4, -0.2) is 37.0 Å². The Morgan fingerprint density at radius 3 is 2.82 bits per heavy atom. The molecule has 1 aromatic carbocycles. The van der Waals surface area contributed by atoms with Crippen LogP contribution in [0.1, 0.15) is 35.8 Å². The lowest BCUT2D eigenvalue weighted by Crippen LogP contribution is -2.12. The lowest BCUT2D eigenvalue weighted by Gasteiger charge is -2.15. The first-order chi connectivity index (χ1) is 16.0. The maximum Gasteiger partial charge on any atom is 0.144 e. The molecule has 4 aromatic heterocycles. The van der Waals surface area contributed by atoms with E-state index in [0.29, 0.717) is 5.82 Å². The fourth-order valence-corrected chi connectivity index (χ4v) is 4.91. The van der Waals surface area contributed by atoms with Crippen LogP contribution in [0.25, 0.3) is 33.1 Å². The van der Waals surface area contributed by atoms with Crippen LogP contribution in [0.4, 0.5) is 11.5 Å². The minimum Gasteiger partial charge on any atom is -0.496 e. The zero-order valence-corrected chi connectivity index (χ0v) is 19.1. The molecule has 0 fully saturated rings. The summed E-state index contributed by atoms with van der Waals surface area (Å²) >= 11 is 0. The van der Waals surface area contributed by atoms with Gasteiger partial charge in [-0.25, -0.2) is 9.97 Å². The second-order valence-electron chi connectivity index (χ2n) is 8.58. The van der Waals surface area contributed by atoms with E-state index in [9.17, 15) is 0 Å². The summed E-state index contributed by atoms with van der Waals surface area (Å²) in [6.45, 7) is 6.71. The van der Waals surface area contributed by atoms with E-state index in [4.69, 9.17) is 14.2 Å². The molecule has 9 heteroatoms. The molecule has 0 unspecified atom stereocenters. The monoisotopic (exact) mass is 443 g/mol. The van der Waals surface area contributed by atoms with E-state index < -0.39 is 0 Å². The number of hydrogen-bond donors (Lipinski definition) is 2. The molecule has 0 spiro atoms. The van der Waals surface area contributed by atoms with Crippen LogP contribution in [-0.2, 0) is 13.0 Å². The molecule has 1 aliphatic heterocycles. The molecule has 0 amide bonds. The second kappa shape index (κ2) is 7.33. The van der Waals surface area contributed by atoms with Crippen LogP contribution in [0.2, 0.25) is 0 Å². The number of fused-ring (bicyclic) bond motifs is 4. The molecule has 1 aliphatic rings. The van der Waals surface area contributed by atoms with Crippen LogP contribution in [0.3, 0.4) is 0 Å². The molecule has 0 saturated carbocycles. The van der Waals surface area contributed by atoms with E-state index in [2.05, 4.69) is 36.3 Å². The van der Waals surface area contributed by atoms with Gasteiger partial charge < -0.3 is 19.6 Å². The van der Waals surface area contributed by atoms with Crippen molar-refractivity contribution in [1.82, 2.24) is 29.9 Å². The average Bonchev–Trinajstić information content (AvgIpc) is 3.47. The van der Waals surface area contributed by atoms with Gasteiger partial charge in [0.05, 0.1) is 41.3 Å². The van der Waals surface area contributed by atoms with Crippen LogP contribution in [0.15, 0.2) is 22.9 Å². The molecule has 6 rings (SSSR count). The first-order valence-electron chi connectivity index (χ1n) is 11.2. The third-order valence-corrected chi connectivity index (χ3v) is 6.42. The Balaban J connectivity index is 1.56. The summed E-state index contributed by atoms with van der Waals surface area (Å²) in [5.74, 6) is 2.95. The first kappa shape index (κ1) is 19.8. The lowest BCUT2D eigenvalue weighted by atomic mass is 10.0. The molecular formula is C24H25N7O2. The summed E-state index contributed by atoms with van der Waals surface area (Å²) in [7, 11) is 1.68. The zero-order valence-electron chi connectivity index (χ0n) is 19.1. The highest BCUT2D eigenvalue weighted by Gasteiger charge is 2.22. The van der Waals surface area contributed by atoms with Gasteiger partial charge in [-0.05, 0) is 52.2 Å². The van der Waals surface area contributed by atoms with Crippen LogP contribution in [0.5, 0.6) is 5.75 Å². The minimum absolute atomic E-state index is 0.690. The highest BCUT2D eigenvalue weighted by atomic mass is 16.5. The van der Waals surface area contributed by atoms with Gasteiger partial charge in [0.25, 0.3) is 0 Å². The number of anilines is 2. The van der Waals surface area contributed by atoms with Crippen molar-refractivity contribution < 1.29 is 9.26 Å². The largest absolute Gasteiger partial charge is 0.496 e. The topological polar surface area (TPSA) is 107 Å². The summed E-state index contributed by atoms with van der Waals surface area (Å²) in [6.07, 6.45) is 5.25. The van der Waals surface area contributed by atoms with Gasteiger partial charge in [0, 0.05) is 23.0 Å². The number of rotatable bonds is 4. The molecule has 0 bridgehead atoms. The number of ether oxygens (including phenoxy) is 1. The number of nitrogens with one attached hydrogen (secondary N) is 2. The highest BCUT2D eigenvalue weighted by Crippen LogP contribution is 2.41. The van der Waals surface area contributed by atoms with E-state index in [0.717, 1.165) is 74.7 Å². The van der Waals surface area contributed by atoms with E-state index in [1.54, 1.807) is 7.11 Å². The highest BCUT2D eigenvalue weighted by molar-refractivity contribution is 6.13. The maximum absolute atomic E-state index is 5.79. The zero-order chi connectivity index (χ0) is 22.7. The van der Waals surface area contributed by atoms with Gasteiger partial charge in [0.2, 0.25) is 0 Å². The average molecular weight is 444 g/mol. The first-order valence-corrected chi connectivity index (χ1v) is 11.2. The van der Waals surface area contributed by atoms with E-state index in [-0.39, 0.29) is 0 Å². The Morgan fingerprint density at radius 2 is 2.03 bits per heavy atom. The maximum atomic E-state index is 5.79. The molecular weight excluding hydrogens is 418 g/mol. The summed E-state index contributed by atoms with van der Waals surface area (Å²) in [5.41, 5.74) is 6.65. The molecule has 0 atom stereocenters. The number of aryl methyl sites for hydroxylation is 4. The quantitative estimate of drug-likeness (QED) is 0.403. The van der Waals surface area contributed by atoms with Crippen molar-refractivity contribution in [3.63, 3.8) is 0 Å². The Hall–Kier alpha value is -3.88. The molecule has 0 aliphatic carbocycles. The lowest BCUT2D eigenvalue weighted by molar-refractivity contribution is 0.393. The molecule has 0 radical (unpaired) electrons. The van der Waals surface area contributed by atoms with Gasteiger partial charge in [0.1, 0.15) is 28.8 Å². The molecule has 2 N–H and O–H groups in total. The van der Waals surface area contributed by atoms with E-state index in [1.165, 1.54) is 18.5 Å². The molecule has 9 nitrogen and oxygen atoms in total. The van der Waals surface area contributed by atoms with Crippen LogP contribution in [0, 0.1) is 20.8 Å². The molecule has 5 aromatic rings. The third kappa shape index (κ3) is 3.06. The van der Waals surface area contributed by atoms with E-state index in [1.807, 2.05) is 33.0 Å². The number of nitrogens with zero attached hydrogens (tertiary/aromatic N) is 5. The normalized spacial score (nSPS) is 13.6. The Labute approximate surface area is 190 Å².